The van der Waals surface area contributed by atoms with Gasteiger partial charge >= 0.3 is 6.18 Å². The fraction of sp³-hybridized carbons (Fsp3) is 0.0909. The van der Waals surface area contributed by atoms with Crippen molar-refractivity contribution in [3.63, 3.8) is 0 Å². The van der Waals surface area contributed by atoms with E-state index in [1.54, 1.807) is 0 Å². The highest BCUT2D eigenvalue weighted by Crippen LogP contribution is 2.33. The first-order valence-corrected chi connectivity index (χ1v) is 4.96. The van der Waals surface area contributed by atoms with Crippen molar-refractivity contribution < 1.29 is 13.2 Å². The van der Waals surface area contributed by atoms with E-state index in [-0.39, 0.29) is 5.82 Å². The van der Waals surface area contributed by atoms with E-state index >= 15 is 0 Å². The van der Waals surface area contributed by atoms with Crippen molar-refractivity contribution in [2.24, 2.45) is 5.84 Å². The molecule has 0 saturated carbocycles. The van der Waals surface area contributed by atoms with Gasteiger partial charge in [-0.2, -0.15) is 13.2 Å². The number of nitrogens with one attached hydrogen (secondary N) is 1. The number of halogens is 3. The Morgan fingerprint density at radius 2 is 2.00 bits per heavy atom. The normalized spacial score (nSPS) is 11.3. The summed E-state index contributed by atoms with van der Waals surface area (Å²) >= 11 is 0. The molecule has 0 radical (unpaired) electrons. The molecule has 1 heterocycles. The van der Waals surface area contributed by atoms with Crippen LogP contribution in [0.4, 0.5) is 19.0 Å². The van der Waals surface area contributed by atoms with Crippen LogP contribution in [0.5, 0.6) is 0 Å². The lowest BCUT2D eigenvalue weighted by Gasteiger charge is -2.10. The summed E-state index contributed by atoms with van der Waals surface area (Å²) in [7, 11) is 0. The number of nitrogen functional groups attached to an aromatic ring is 1. The van der Waals surface area contributed by atoms with E-state index in [4.69, 9.17) is 5.84 Å². The second-order valence-corrected chi connectivity index (χ2v) is 3.51. The Hall–Kier alpha value is -2.15. The summed E-state index contributed by atoms with van der Waals surface area (Å²) in [5, 5.41) is 0. The lowest BCUT2D eigenvalue weighted by Crippen LogP contribution is -2.10. The van der Waals surface area contributed by atoms with E-state index in [0.29, 0.717) is 11.1 Å². The molecule has 0 atom stereocenters. The summed E-state index contributed by atoms with van der Waals surface area (Å²) in [6.07, 6.45) is -1.73. The zero-order valence-electron chi connectivity index (χ0n) is 9.07. The number of hydrazine groups is 1. The van der Waals surface area contributed by atoms with Gasteiger partial charge < -0.3 is 5.43 Å². The van der Waals surface area contributed by atoms with Crippen LogP contribution in [-0.2, 0) is 6.18 Å². The largest absolute Gasteiger partial charge is 0.416 e. The average Bonchev–Trinajstić information content (AvgIpc) is 2.38. The molecule has 2 rings (SSSR count). The summed E-state index contributed by atoms with van der Waals surface area (Å²) in [6.45, 7) is 0. The Balaban J connectivity index is 2.51. The lowest BCUT2D eigenvalue weighted by molar-refractivity contribution is -0.137. The average molecular weight is 254 g/mol. The number of anilines is 1. The predicted octanol–water partition coefficient (Wildman–Crippen LogP) is 2.45. The molecule has 0 fully saturated rings. The number of aromatic nitrogens is 2. The fourth-order valence-electron chi connectivity index (χ4n) is 1.52. The molecule has 3 N–H and O–H groups in total. The molecule has 0 bridgehead atoms. The van der Waals surface area contributed by atoms with Crippen molar-refractivity contribution in [2.75, 3.05) is 5.43 Å². The molecule has 0 unspecified atom stereocenters. The maximum absolute atomic E-state index is 12.6. The van der Waals surface area contributed by atoms with Crippen LogP contribution in [0.1, 0.15) is 5.56 Å². The highest BCUT2D eigenvalue weighted by molar-refractivity contribution is 5.74. The first-order chi connectivity index (χ1) is 8.52. The van der Waals surface area contributed by atoms with E-state index in [2.05, 4.69) is 15.4 Å². The van der Waals surface area contributed by atoms with Crippen molar-refractivity contribution in [2.45, 2.75) is 6.18 Å². The minimum atomic E-state index is -4.39. The van der Waals surface area contributed by atoms with Gasteiger partial charge in [0.05, 0.1) is 5.56 Å². The molecule has 0 amide bonds. The third-order valence-electron chi connectivity index (χ3n) is 2.35. The van der Waals surface area contributed by atoms with E-state index < -0.39 is 11.7 Å². The Labute approximate surface area is 101 Å². The van der Waals surface area contributed by atoms with Gasteiger partial charge in [-0.25, -0.2) is 15.8 Å². The number of nitrogens with zero attached hydrogens (tertiary/aromatic N) is 2. The number of hydrogen-bond acceptors (Lipinski definition) is 4. The van der Waals surface area contributed by atoms with Crippen LogP contribution < -0.4 is 11.3 Å². The second-order valence-electron chi connectivity index (χ2n) is 3.51. The molecule has 0 aliphatic rings. The third-order valence-corrected chi connectivity index (χ3v) is 2.35. The number of nitrogens with two attached hydrogens (primary N) is 1. The van der Waals surface area contributed by atoms with Crippen LogP contribution >= 0.6 is 0 Å². The Kier molecular flexibility index (Phi) is 3.15. The van der Waals surface area contributed by atoms with E-state index in [0.717, 1.165) is 12.1 Å². The lowest BCUT2D eigenvalue weighted by atomic mass is 10.0. The molecule has 18 heavy (non-hydrogen) atoms. The van der Waals surface area contributed by atoms with Gasteiger partial charge in [-0.05, 0) is 17.7 Å². The van der Waals surface area contributed by atoms with Crippen LogP contribution in [-0.4, -0.2) is 9.97 Å². The maximum atomic E-state index is 12.6. The van der Waals surface area contributed by atoms with Crippen LogP contribution in [0.3, 0.4) is 0 Å². The summed E-state index contributed by atoms with van der Waals surface area (Å²) in [6, 6.07) is 4.89. The van der Waals surface area contributed by atoms with Crippen molar-refractivity contribution in [3.05, 3.63) is 42.4 Å². The van der Waals surface area contributed by atoms with Crippen LogP contribution in [0, 0.1) is 0 Å². The van der Waals surface area contributed by atoms with Crippen LogP contribution in [0.25, 0.3) is 11.1 Å². The third kappa shape index (κ3) is 2.40. The first kappa shape index (κ1) is 12.3. The summed E-state index contributed by atoms with van der Waals surface area (Å²) in [5.74, 6) is 5.52. The SMILES string of the molecule is NNc1ncncc1-c1cccc(C(F)(F)F)c1. The zero-order chi connectivity index (χ0) is 13.2. The first-order valence-electron chi connectivity index (χ1n) is 4.96. The van der Waals surface area contributed by atoms with Gasteiger partial charge in [0.2, 0.25) is 0 Å². The molecule has 0 saturated heterocycles. The molecular weight excluding hydrogens is 245 g/mol. The molecule has 0 aliphatic carbocycles. The smallest absolute Gasteiger partial charge is 0.308 e. The fourth-order valence-corrected chi connectivity index (χ4v) is 1.52. The van der Waals surface area contributed by atoms with Gasteiger partial charge in [-0.15, -0.1) is 0 Å². The highest BCUT2D eigenvalue weighted by atomic mass is 19.4. The zero-order valence-corrected chi connectivity index (χ0v) is 9.07. The molecule has 0 spiro atoms. The van der Waals surface area contributed by atoms with Gasteiger partial charge in [0, 0.05) is 11.8 Å². The van der Waals surface area contributed by atoms with E-state index in [1.807, 2.05) is 0 Å². The minimum Gasteiger partial charge on any atom is -0.308 e. The molecule has 1 aromatic heterocycles. The van der Waals surface area contributed by atoms with E-state index in [1.165, 1.54) is 24.7 Å². The Morgan fingerprint density at radius 1 is 1.22 bits per heavy atom. The van der Waals surface area contributed by atoms with Gasteiger partial charge in [-0.1, -0.05) is 12.1 Å². The van der Waals surface area contributed by atoms with Gasteiger partial charge in [-0.3, -0.25) is 0 Å². The molecular formula is C11H9F3N4. The molecule has 94 valence electrons. The maximum Gasteiger partial charge on any atom is 0.416 e. The number of rotatable bonds is 2. The van der Waals surface area contributed by atoms with Gasteiger partial charge in [0.15, 0.2) is 5.82 Å². The molecule has 1 aromatic carbocycles. The molecule has 2 aromatic rings. The predicted molar refractivity (Wildman–Crippen MR) is 60.3 cm³/mol. The monoisotopic (exact) mass is 254 g/mol. The van der Waals surface area contributed by atoms with E-state index in [9.17, 15) is 13.2 Å². The second kappa shape index (κ2) is 4.61. The topological polar surface area (TPSA) is 63.8 Å². The molecule has 4 nitrogen and oxygen atoms in total. The van der Waals surface area contributed by atoms with Crippen LogP contribution in [0.15, 0.2) is 36.8 Å². The van der Waals surface area contributed by atoms with Crippen LogP contribution in [0.2, 0.25) is 0 Å². The van der Waals surface area contributed by atoms with Crippen molar-refractivity contribution in [1.82, 2.24) is 9.97 Å². The Bertz CT molecular complexity index is 554. The van der Waals surface area contributed by atoms with Gasteiger partial charge in [0.1, 0.15) is 6.33 Å². The Morgan fingerprint density at radius 3 is 2.67 bits per heavy atom. The quantitative estimate of drug-likeness (QED) is 0.638. The van der Waals surface area contributed by atoms with Crippen molar-refractivity contribution in [1.29, 1.82) is 0 Å². The summed E-state index contributed by atoms with van der Waals surface area (Å²) in [4.78, 5) is 7.61. The van der Waals surface area contributed by atoms with Gasteiger partial charge in [0.25, 0.3) is 0 Å². The number of benzene rings is 1. The minimum absolute atomic E-state index is 0.268. The molecule has 0 aliphatic heterocycles. The standard InChI is InChI=1S/C11H9F3N4/c12-11(13,14)8-3-1-2-7(4-8)9-5-16-6-17-10(9)18-15/h1-6H,15H2,(H,16,17,18). The van der Waals surface area contributed by atoms with Crippen molar-refractivity contribution >= 4 is 5.82 Å². The summed E-state index contributed by atoms with van der Waals surface area (Å²) < 4.78 is 37.8. The number of alkyl halides is 3. The van der Waals surface area contributed by atoms with Crippen molar-refractivity contribution in [3.8, 4) is 11.1 Å². The highest BCUT2D eigenvalue weighted by Gasteiger charge is 2.30. The summed E-state index contributed by atoms with van der Waals surface area (Å²) in [5.41, 5.74) is 2.34. The number of hydrogen-bond donors (Lipinski definition) is 2. The molecule has 7 heteroatoms.